The van der Waals surface area contributed by atoms with Gasteiger partial charge in [-0.1, -0.05) is 30.3 Å². The van der Waals surface area contributed by atoms with Crippen LogP contribution in [0.4, 0.5) is 14.5 Å². The van der Waals surface area contributed by atoms with Crippen LogP contribution in [0, 0.1) is 23.1 Å². The number of rotatable bonds is 9. The monoisotopic (exact) mass is 507 g/mol. The van der Waals surface area contributed by atoms with Gasteiger partial charge in [-0.15, -0.1) is 5.10 Å². The highest BCUT2D eigenvalue weighted by molar-refractivity contribution is 5.98. The Hall–Kier alpha value is -3.98. The highest BCUT2D eigenvalue weighted by Gasteiger charge is 2.52. The molecule has 4 rings (SSSR count). The van der Waals surface area contributed by atoms with Crippen LogP contribution in [0.3, 0.4) is 0 Å². The van der Waals surface area contributed by atoms with Crippen molar-refractivity contribution in [2.24, 2.45) is 16.3 Å². The van der Waals surface area contributed by atoms with E-state index in [0.717, 1.165) is 23.9 Å². The average molecular weight is 508 g/mol. The topological polar surface area (TPSA) is 100 Å². The molecule has 0 saturated carbocycles. The van der Waals surface area contributed by atoms with Gasteiger partial charge in [0.25, 0.3) is 5.91 Å². The minimum absolute atomic E-state index is 0.0495. The number of hydrogen-bond donors (Lipinski definition) is 3. The number of para-hydroxylation sites is 1. The third-order valence-corrected chi connectivity index (χ3v) is 6.18. The van der Waals surface area contributed by atoms with Crippen molar-refractivity contribution in [2.45, 2.75) is 32.4 Å². The van der Waals surface area contributed by atoms with Gasteiger partial charge in [0.05, 0.1) is 11.0 Å². The fourth-order valence-electron chi connectivity index (χ4n) is 4.13. The zero-order chi connectivity index (χ0) is 26.6. The van der Waals surface area contributed by atoms with Gasteiger partial charge in [-0.25, -0.2) is 8.78 Å². The van der Waals surface area contributed by atoms with Gasteiger partial charge in [0, 0.05) is 30.3 Å². The molecule has 0 fully saturated rings. The van der Waals surface area contributed by atoms with E-state index in [1.54, 1.807) is 32.0 Å². The minimum atomic E-state index is -1.54. The Morgan fingerprint density at radius 2 is 2.00 bits per heavy atom. The summed E-state index contributed by atoms with van der Waals surface area (Å²) >= 11 is 0. The number of carbonyl (C=O) groups excluding carboxylic acids is 1. The molecule has 1 aliphatic heterocycles. The summed E-state index contributed by atoms with van der Waals surface area (Å²) in [5.41, 5.74) is 4.17. The molecular formula is C28H29F2N4O3. The molecule has 9 heteroatoms. The summed E-state index contributed by atoms with van der Waals surface area (Å²) in [6.07, 6.45) is 0.615. The van der Waals surface area contributed by atoms with E-state index in [9.17, 15) is 18.7 Å². The van der Waals surface area contributed by atoms with Gasteiger partial charge in [-0.3, -0.25) is 4.79 Å². The number of phenols is 1. The number of hydrogen-bond acceptors (Lipinski definition) is 6. The molecule has 0 aromatic heterocycles. The lowest BCUT2D eigenvalue weighted by molar-refractivity contribution is -0.161. The van der Waals surface area contributed by atoms with Crippen molar-refractivity contribution in [3.63, 3.8) is 0 Å². The Morgan fingerprint density at radius 3 is 2.70 bits per heavy atom. The van der Waals surface area contributed by atoms with Gasteiger partial charge >= 0.3 is 0 Å². The van der Waals surface area contributed by atoms with E-state index in [2.05, 4.69) is 16.5 Å². The van der Waals surface area contributed by atoms with Crippen molar-refractivity contribution in [2.75, 3.05) is 18.4 Å². The predicted molar refractivity (Wildman–Crippen MR) is 136 cm³/mol. The summed E-state index contributed by atoms with van der Waals surface area (Å²) in [7, 11) is 0. The molecule has 1 heterocycles. The third kappa shape index (κ3) is 5.41. The third-order valence-electron chi connectivity index (χ3n) is 6.18. The maximum Gasteiger partial charge on any atom is 0.254 e. The van der Waals surface area contributed by atoms with Gasteiger partial charge < -0.3 is 20.9 Å². The largest absolute Gasteiger partial charge is 0.508 e. The van der Waals surface area contributed by atoms with E-state index in [1.807, 2.05) is 18.2 Å². The molecule has 1 amide bonds. The second-order valence-electron chi connectivity index (χ2n) is 9.49. The first-order valence-corrected chi connectivity index (χ1v) is 11.9. The van der Waals surface area contributed by atoms with Crippen LogP contribution >= 0.6 is 0 Å². The van der Waals surface area contributed by atoms with E-state index in [4.69, 9.17) is 10.5 Å². The van der Waals surface area contributed by atoms with Crippen LogP contribution < -0.4 is 11.1 Å². The molecule has 1 unspecified atom stereocenters. The van der Waals surface area contributed by atoms with E-state index >= 15 is 0 Å². The summed E-state index contributed by atoms with van der Waals surface area (Å²) in [6.45, 7) is 4.01. The summed E-state index contributed by atoms with van der Waals surface area (Å²) in [5, 5.41) is 19.0. The highest BCUT2D eigenvalue weighted by atomic mass is 19.1. The first-order chi connectivity index (χ1) is 17.7. The van der Waals surface area contributed by atoms with Crippen LogP contribution in [0.15, 0.2) is 71.8 Å². The van der Waals surface area contributed by atoms with E-state index in [1.165, 1.54) is 17.1 Å². The number of anilines is 1. The van der Waals surface area contributed by atoms with Crippen LogP contribution in [0.1, 0.15) is 37.8 Å². The Kier molecular flexibility index (Phi) is 7.45. The van der Waals surface area contributed by atoms with Gasteiger partial charge in [-0.2, -0.15) is 5.01 Å². The molecule has 1 aliphatic rings. The molecule has 37 heavy (non-hydrogen) atoms. The molecule has 193 valence electrons. The Bertz CT molecular complexity index is 1300. The molecule has 1 radical (unpaired) electrons. The second kappa shape index (κ2) is 10.6. The van der Waals surface area contributed by atoms with Crippen LogP contribution in [0.5, 0.6) is 5.75 Å². The molecule has 4 N–H and O–H groups in total. The number of phenolic OH excluding ortho intramolecular Hbond substituents is 1. The molecular weight excluding hydrogens is 478 g/mol. The van der Waals surface area contributed by atoms with Gasteiger partial charge in [-0.05, 0) is 63.2 Å². The Labute approximate surface area is 214 Å². The lowest BCUT2D eigenvalue weighted by Gasteiger charge is -2.39. The Morgan fingerprint density at radius 1 is 1.19 bits per heavy atom. The van der Waals surface area contributed by atoms with Crippen molar-refractivity contribution in [1.82, 2.24) is 5.01 Å². The normalized spacial score (nSPS) is 17.3. The number of nitrogens with one attached hydrogen (secondary N) is 1. The summed E-state index contributed by atoms with van der Waals surface area (Å²) in [5.74, 6) is -2.15. The molecule has 3 aromatic rings. The van der Waals surface area contributed by atoms with Crippen molar-refractivity contribution in [3.05, 3.63) is 95.6 Å². The fourth-order valence-corrected chi connectivity index (χ4v) is 4.13. The smallest absolute Gasteiger partial charge is 0.254 e. The van der Waals surface area contributed by atoms with Crippen LogP contribution in [0.2, 0.25) is 0 Å². The molecule has 0 bridgehead atoms. The summed E-state index contributed by atoms with van der Waals surface area (Å²) in [4.78, 5) is 14.1. The van der Waals surface area contributed by atoms with Crippen molar-refractivity contribution in [1.29, 1.82) is 0 Å². The Balaban J connectivity index is 1.79. The zero-order valence-corrected chi connectivity index (χ0v) is 20.7. The first kappa shape index (κ1) is 26.1. The lowest BCUT2D eigenvalue weighted by atomic mass is 9.88. The number of carbonyl (C=O) groups is 1. The standard InChI is InChI=1S/C28H29F2N4O3/c1-27(2,18-32-21-9-4-3-5-10-21)26(36)34-28(14-7-15-31,19-8-6-11-22(35)16-19)37-25(33-34)23-17-20(29)12-13-24(23)30/h3-6,8-9,11-13,16-17,32,35H,7,14-15,18,31H2,1-2H3. The second-order valence-corrected chi connectivity index (χ2v) is 9.49. The number of hydrazone groups is 1. The maximum atomic E-state index is 14.8. The van der Waals surface area contributed by atoms with Gasteiger partial charge in [0.15, 0.2) is 0 Å². The molecule has 7 nitrogen and oxygen atoms in total. The lowest BCUT2D eigenvalue weighted by Crippen LogP contribution is -2.51. The average Bonchev–Trinajstić information content (AvgIpc) is 3.28. The molecule has 1 atom stereocenters. The summed E-state index contributed by atoms with van der Waals surface area (Å²) in [6, 6.07) is 19.5. The molecule has 0 saturated heterocycles. The first-order valence-electron chi connectivity index (χ1n) is 11.9. The number of benzene rings is 3. The summed E-state index contributed by atoms with van der Waals surface area (Å²) < 4.78 is 35.1. The van der Waals surface area contributed by atoms with Crippen molar-refractivity contribution in [3.8, 4) is 5.75 Å². The quantitative estimate of drug-likeness (QED) is 0.389. The van der Waals surface area contributed by atoms with Crippen molar-refractivity contribution < 1.29 is 23.4 Å². The zero-order valence-electron chi connectivity index (χ0n) is 20.7. The van der Waals surface area contributed by atoms with E-state index in [0.29, 0.717) is 12.0 Å². The van der Waals surface area contributed by atoms with Gasteiger partial charge in [0.1, 0.15) is 17.4 Å². The molecule has 3 aromatic carbocycles. The number of nitrogens with zero attached hydrogens (tertiary/aromatic N) is 2. The maximum absolute atomic E-state index is 14.8. The number of amides is 1. The van der Waals surface area contributed by atoms with Crippen LogP contribution in [0.25, 0.3) is 0 Å². The van der Waals surface area contributed by atoms with E-state index < -0.39 is 28.7 Å². The van der Waals surface area contributed by atoms with Crippen LogP contribution in [-0.2, 0) is 15.3 Å². The number of aromatic hydroxyl groups is 1. The number of nitrogens with two attached hydrogens (primary N) is 1. The number of halogens is 2. The van der Waals surface area contributed by atoms with Crippen molar-refractivity contribution >= 4 is 17.5 Å². The fraction of sp³-hybridized carbons (Fsp3) is 0.286. The highest BCUT2D eigenvalue weighted by Crippen LogP contribution is 2.44. The van der Waals surface area contributed by atoms with Gasteiger partial charge in [0.2, 0.25) is 11.6 Å². The minimum Gasteiger partial charge on any atom is -0.508 e. The van der Waals surface area contributed by atoms with E-state index in [-0.39, 0.29) is 36.7 Å². The predicted octanol–water partition coefficient (Wildman–Crippen LogP) is 4.72. The number of ether oxygens (including phenoxy) is 1. The molecule has 0 spiro atoms. The SMILES string of the molecule is CC(C)(CNc1[c]cccc1)C(=O)N1N=C(c2cc(F)ccc2F)OC1(CCCN)c1cccc(O)c1. The molecule has 0 aliphatic carbocycles. The van der Waals surface area contributed by atoms with Crippen LogP contribution in [-0.4, -0.2) is 35.0 Å².